The molecule has 1 saturated carbocycles. The first kappa shape index (κ1) is 27.6. The number of morpholine rings is 1. The van der Waals surface area contributed by atoms with Crippen molar-refractivity contribution in [3.63, 3.8) is 0 Å². The van der Waals surface area contributed by atoms with E-state index in [-0.39, 0.29) is 40.6 Å². The van der Waals surface area contributed by atoms with Crippen LogP contribution in [0, 0.1) is 23.2 Å². The topological polar surface area (TPSA) is 93.8 Å². The highest BCUT2D eigenvalue weighted by Crippen LogP contribution is 2.40. The number of ether oxygens (including phenoxy) is 1. The molecule has 1 aliphatic heterocycles. The number of benzene rings is 2. The molecule has 3 heterocycles. The molecule has 10 heteroatoms. The summed E-state index contributed by atoms with van der Waals surface area (Å²) in [6.45, 7) is 5.48. The van der Waals surface area contributed by atoms with Gasteiger partial charge in [-0.15, -0.1) is 0 Å². The molecule has 0 bridgehead atoms. The number of nitrogens with one attached hydrogen (secondary N) is 1. The van der Waals surface area contributed by atoms with Crippen molar-refractivity contribution in [1.29, 1.82) is 0 Å². The van der Waals surface area contributed by atoms with Gasteiger partial charge in [0.05, 0.1) is 18.6 Å². The summed E-state index contributed by atoms with van der Waals surface area (Å²) in [5.74, 6) is -0.392. The number of aromatic nitrogens is 1. The van der Waals surface area contributed by atoms with Crippen LogP contribution in [0.4, 0.5) is 14.9 Å². The third-order valence-corrected chi connectivity index (χ3v) is 8.53. The summed E-state index contributed by atoms with van der Waals surface area (Å²) in [6.07, 6.45) is 1.82. The molecule has 1 saturated heterocycles. The number of amides is 2. The lowest BCUT2D eigenvalue weighted by Crippen LogP contribution is -2.43. The van der Waals surface area contributed by atoms with E-state index >= 15 is 0 Å². The number of carbonyl (C=O) groups is 1. The van der Waals surface area contributed by atoms with Gasteiger partial charge in [-0.3, -0.25) is 4.79 Å². The van der Waals surface area contributed by atoms with E-state index in [0.29, 0.717) is 59.9 Å². The van der Waals surface area contributed by atoms with E-state index in [2.05, 4.69) is 5.32 Å². The number of urea groups is 1. The number of hydrogen-bond acceptors (Lipinski definition) is 5. The number of pyridine rings is 1. The van der Waals surface area contributed by atoms with Gasteiger partial charge in [0, 0.05) is 51.6 Å². The van der Waals surface area contributed by atoms with Crippen LogP contribution in [0.15, 0.2) is 56.5 Å². The lowest BCUT2D eigenvalue weighted by Gasteiger charge is -2.27. The molecule has 0 radical (unpaired) electrons. The fourth-order valence-corrected chi connectivity index (χ4v) is 5.99. The summed E-state index contributed by atoms with van der Waals surface area (Å²) in [7, 11) is 0. The van der Waals surface area contributed by atoms with Crippen LogP contribution in [0.2, 0.25) is 0 Å². The molecular formula is C31H29FIN3O5. The Balaban J connectivity index is 1.53. The van der Waals surface area contributed by atoms with Gasteiger partial charge in [-0.1, -0.05) is 18.2 Å². The molecule has 2 amide bonds. The molecule has 41 heavy (non-hydrogen) atoms. The third-order valence-electron chi connectivity index (χ3n) is 7.86. The Morgan fingerprint density at radius 2 is 1.85 bits per heavy atom. The first-order chi connectivity index (χ1) is 19.7. The van der Waals surface area contributed by atoms with Gasteiger partial charge >= 0.3 is 11.7 Å². The average molecular weight is 669 g/mol. The van der Waals surface area contributed by atoms with Crippen molar-refractivity contribution in [3.05, 3.63) is 95.0 Å². The van der Waals surface area contributed by atoms with E-state index in [4.69, 9.17) is 9.15 Å². The minimum atomic E-state index is -0.570. The Morgan fingerprint density at radius 3 is 2.56 bits per heavy atom. The summed E-state index contributed by atoms with van der Waals surface area (Å²) in [5, 5.41) is 3.24. The van der Waals surface area contributed by atoms with Crippen LogP contribution in [-0.2, 0) is 11.2 Å². The summed E-state index contributed by atoms with van der Waals surface area (Å²) in [6, 6.07) is 12.0. The molecule has 4 aromatic rings. The molecule has 1 N–H and O–H groups in total. The quantitative estimate of drug-likeness (QED) is 0.273. The lowest BCUT2D eigenvalue weighted by molar-refractivity contribution is 0.0564. The highest BCUT2D eigenvalue weighted by atomic mass is 127. The van der Waals surface area contributed by atoms with E-state index in [1.165, 1.54) is 6.07 Å². The zero-order valence-electron chi connectivity index (χ0n) is 22.8. The molecule has 8 nitrogen and oxygen atoms in total. The number of fused-ring (bicyclic) bond motifs is 1. The standard InChI is InChI=1S/C31H29FIN3O5/c1-17-24(15-19-6-7-21(33)16-25(19)32)27-28(41-30(17)38)26(18(2)36(29(27)37)23-8-9-23)20-4-3-5-22(14-20)34-31(39)35-10-12-40-13-11-35/h3-7,14,16,23H,8-13,15H2,1-2H3,(H,34,39). The third kappa shape index (κ3) is 5.30. The maximum atomic E-state index is 14.9. The SMILES string of the molecule is Cc1c(Cc2ccc(I)cc2F)c2c(=O)n(C3CC3)c(C)c(-c3cccc(NC(=O)N4CCOCC4)c3)c2oc1=O. The van der Waals surface area contributed by atoms with Crippen molar-refractivity contribution in [3.8, 4) is 11.1 Å². The van der Waals surface area contributed by atoms with Crippen LogP contribution < -0.4 is 16.5 Å². The van der Waals surface area contributed by atoms with Gasteiger partial charge in [-0.2, -0.15) is 0 Å². The molecule has 6 rings (SSSR count). The molecule has 2 aliphatic rings. The minimum Gasteiger partial charge on any atom is -0.422 e. The van der Waals surface area contributed by atoms with Gasteiger partial charge in [0.15, 0.2) is 5.58 Å². The van der Waals surface area contributed by atoms with Crippen molar-refractivity contribution in [2.24, 2.45) is 0 Å². The molecule has 1 aliphatic carbocycles. The molecule has 212 valence electrons. The second kappa shape index (κ2) is 11.1. The van der Waals surface area contributed by atoms with Crippen molar-refractivity contribution < 1.29 is 18.3 Å². The number of hydrogen-bond donors (Lipinski definition) is 1. The molecule has 0 unspecified atom stereocenters. The first-order valence-electron chi connectivity index (χ1n) is 13.6. The first-order valence-corrected chi connectivity index (χ1v) is 14.7. The molecule has 2 aromatic carbocycles. The molecule has 0 spiro atoms. The van der Waals surface area contributed by atoms with Crippen LogP contribution in [0.1, 0.15) is 41.3 Å². The van der Waals surface area contributed by atoms with Crippen molar-refractivity contribution >= 4 is 45.3 Å². The maximum absolute atomic E-state index is 14.9. The maximum Gasteiger partial charge on any atom is 0.339 e. The van der Waals surface area contributed by atoms with E-state index < -0.39 is 11.4 Å². The van der Waals surface area contributed by atoms with Gasteiger partial charge in [0.1, 0.15) is 5.82 Å². The second-order valence-electron chi connectivity index (χ2n) is 10.6. The Morgan fingerprint density at radius 1 is 1.10 bits per heavy atom. The van der Waals surface area contributed by atoms with E-state index in [9.17, 15) is 18.8 Å². The predicted molar refractivity (Wildman–Crippen MR) is 163 cm³/mol. The smallest absolute Gasteiger partial charge is 0.339 e. The number of rotatable bonds is 5. The van der Waals surface area contributed by atoms with E-state index in [1.54, 1.807) is 34.6 Å². The van der Waals surface area contributed by atoms with Gasteiger partial charge in [0.25, 0.3) is 5.56 Å². The van der Waals surface area contributed by atoms with Gasteiger partial charge in [-0.25, -0.2) is 14.0 Å². The van der Waals surface area contributed by atoms with Crippen LogP contribution in [0.5, 0.6) is 0 Å². The monoisotopic (exact) mass is 669 g/mol. The lowest BCUT2D eigenvalue weighted by atomic mass is 9.94. The van der Waals surface area contributed by atoms with Crippen LogP contribution in [0.3, 0.4) is 0 Å². The number of anilines is 1. The Bertz CT molecular complexity index is 1800. The zero-order valence-corrected chi connectivity index (χ0v) is 24.9. The fraction of sp³-hybridized carbons (Fsp3) is 0.323. The highest BCUT2D eigenvalue weighted by Gasteiger charge is 2.31. The van der Waals surface area contributed by atoms with Crippen molar-refractivity contribution in [1.82, 2.24) is 9.47 Å². The van der Waals surface area contributed by atoms with Crippen LogP contribution in [-0.4, -0.2) is 41.8 Å². The Kier molecular flexibility index (Phi) is 7.45. The number of halogens is 2. The van der Waals surface area contributed by atoms with Gasteiger partial charge in [0.2, 0.25) is 0 Å². The number of nitrogens with zero attached hydrogens (tertiary/aromatic N) is 2. The Hall–Kier alpha value is -3.51. The minimum absolute atomic E-state index is 0.0463. The summed E-state index contributed by atoms with van der Waals surface area (Å²) in [4.78, 5) is 41.8. The molecular weight excluding hydrogens is 640 g/mol. The van der Waals surface area contributed by atoms with Gasteiger partial charge < -0.3 is 23.9 Å². The van der Waals surface area contributed by atoms with Crippen molar-refractivity contribution in [2.45, 2.75) is 39.2 Å². The largest absolute Gasteiger partial charge is 0.422 e. The van der Waals surface area contributed by atoms with E-state index in [0.717, 1.165) is 16.4 Å². The fourth-order valence-electron chi connectivity index (χ4n) is 5.54. The summed E-state index contributed by atoms with van der Waals surface area (Å²) < 4.78 is 28.7. The highest BCUT2D eigenvalue weighted by molar-refractivity contribution is 14.1. The average Bonchev–Trinajstić information content (AvgIpc) is 3.78. The number of carbonyl (C=O) groups excluding carboxylic acids is 1. The summed E-state index contributed by atoms with van der Waals surface area (Å²) >= 11 is 2.05. The zero-order chi connectivity index (χ0) is 28.8. The molecule has 0 atom stereocenters. The molecule has 2 aromatic heterocycles. The van der Waals surface area contributed by atoms with Gasteiger partial charge in [-0.05, 0) is 90.2 Å². The second-order valence-corrected chi connectivity index (χ2v) is 11.8. The van der Waals surface area contributed by atoms with Crippen LogP contribution in [0.25, 0.3) is 22.1 Å². The summed E-state index contributed by atoms with van der Waals surface area (Å²) in [5.41, 5.74) is 3.07. The predicted octanol–water partition coefficient (Wildman–Crippen LogP) is 5.77. The van der Waals surface area contributed by atoms with E-state index in [1.807, 2.05) is 47.7 Å². The van der Waals surface area contributed by atoms with Crippen molar-refractivity contribution in [2.75, 3.05) is 31.6 Å². The molecule has 2 fully saturated rings. The van der Waals surface area contributed by atoms with Crippen LogP contribution >= 0.6 is 22.6 Å². The normalized spacial score (nSPS) is 15.4. The Labute approximate surface area is 249 Å².